The summed E-state index contributed by atoms with van der Waals surface area (Å²) in [4.78, 5) is 31.7. The standard InChI is InChI=1S/C21H15F4N3O2/c22-16-2-1-9-27-19(16)15(12-3-6-14(7-4-12)21(23,24)25)10-18(29)17-8-5-13(11-28-17)20(26)30/h1-9,11,15H,10H2,(H2,26,30)/t15-/m0/s1. The molecule has 30 heavy (non-hydrogen) atoms. The van der Waals surface area contributed by atoms with Crippen LogP contribution in [0, 0.1) is 5.82 Å². The van der Waals surface area contributed by atoms with Crippen LogP contribution in [0.1, 0.15) is 50.0 Å². The Balaban J connectivity index is 1.95. The maximum Gasteiger partial charge on any atom is 0.416 e. The van der Waals surface area contributed by atoms with Gasteiger partial charge >= 0.3 is 6.18 Å². The minimum atomic E-state index is -4.52. The average Bonchev–Trinajstić information content (AvgIpc) is 2.72. The number of amides is 1. The number of ketones is 1. The quantitative estimate of drug-likeness (QED) is 0.483. The highest BCUT2D eigenvalue weighted by Crippen LogP contribution is 2.33. The maximum atomic E-state index is 14.4. The molecule has 0 radical (unpaired) electrons. The van der Waals surface area contributed by atoms with Crippen LogP contribution < -0.4 is 5.73 Å². The number of rotatable bonds is 6. The molecule has 0 aliphatic heterocycles. The molecule has 0 spiro atoms. The van der Waals surface area contributed by atoms with Crippen molar-refractivity contribution in [2.75, 3.05) is 0 Å². The first-order valence-electron chi connectivity index (χ1n) is 8.73. The van der Waals surface area contributed by atoms with Crippen molar-refractivity contribution in [3.63, 3.8) is 0 Å². The van der Waals surface area contributed by atoms with E-state index in [4.69, 9.17) is 5.73 Å². The molecule has 2 aromatic heterocycles. The van der Waals surface area contributed by atoms with Crippen molar-refractivity contribution in [2.45, 2.75) is 18.5 Å². The number of carbonyl (C=O) groups is 2. The van der Waals surface area contributed by atoms with Gasteiger partial charge in [0.15, 0.2) is 5.78 Å². The molecule has 3 rings (SSSR count). The first-order valence-corrected chi connectivity index (χ1v) is 8.73. The van der Waals surface area contributed by atoms with Crippen LogP contribution in [0.2, 0.25) is 0 Å². The topological polar surface area (TPSA) is 85.9 Å². The van der Waals surface area contributed by atoms with Crippen LogP contribution in [0.4, 0.5) is 17.6 Å². The Morgan fingerprint density at radius 3 is 2.23 bits per heavy atom. The van der Waals surface area contributed by atoms with Crippen LogP contribution in [-0.4, -0.2) is 21.7 Å². The Bertz CT molecular complexity index is 1060. The minimum Gasteiger partial charge on any atom is -0.366 e. The van der Waals surface area contributed by atoms with Crippen LogP contribution in [-0.2, 0) is 6.18 Å². The van der Waals surface area contributed by atoms with E-state index in [0.717, 1.165) is 24.4 Å². The number of pyridine rings is 2. The number of hydrogen-bond acceptors (Lipinski definition) is 4. The van der Waals surface area contributed by atoms with Crippen molar-refractivity contribution in [3.05, 3.63) is 94.8 Å². The summed E-state index contributed by atoms with van der Waals surface area (Å²) in [5.74, 6) is -2.83. The van der Waals surface area contributed by atoms with Gasteiger partial charge in [0.1, 0.15) is 11.5 Å². The molecule has 9 heteroatoms. The Labute approximate surface area is 168 Å². The fourth-order valence-electron chi connectivity index (χ4n) is 2.93. The zero-order valence-electron chi connectivity index (χ0n) is 15.4. The number of primary amides is 1. The lowest BCUT2D eigenvalue weighted by Crippen LogP contribution is -2.15. The van der Waals surface area contributed by atoms with E-state index >= 15 is 0 Å². The van der Waals surface area contributed by atoms with E-state index in [9.17, 15) is 27.2 Å². The van der Waals surface area contributed by atoms with Gasteiger partial charge in [-0.25, -0.2) is 4.39 Å². The van der Waals surface area contributed by atoms with Crippen molar-refractivity contribution in [1.82, 2.24) is 9.97 Å². The van der Waals surface area contributed by atoms with Crippen molar-refractivity contribution in [3.8, 4) is 0 Å². The number of hydrogen-bond donors (Lipinski definition) is 1. The molecular weight excluding hydrogens is 402 g/mol. The highest BCUT2D eigenvalue weighted by atomic mass is 19.4. The molecule has 2 heterocycles. The third-order valence-corrected chi connectivity index (χ3v) is 4.48. The van der Waals surface area contributed by atoms with Gasteiger partial charge in [-0.2, -0.15) is 13.2 Å². The summed E-state index contributed by atoms with van der Waals surface area (Å²) in [6.07, 6.45) is -2.33. The summed E-state index contributed by atoms with van der Waals surface area (Å²) in [5.41, 5.74) is 4.62. The highest BCUT2D eigenvalue weighted by molar-refractivity contribution is 5.97. The van der Waals surface area contributed by atoms with E-state index in [0.29, 0.717) is 5.56 Å². The highest BCUT2D eigenvalue weighted by Gasteiger charge is 2.31. The number of halogens is 4. The lowest BCUT2D eigenvalue weighted by Gasteiger charge is -2.18. The predicted octanol–water partition coefficient (Wildman–Crippen LogP) is 4.14. The monoisotopic (exact) mass is 417 g/mol. The third-order valence-electron chi connectivity index (χ3n) is 4.48. The number of benzene rings is 1. The Morgan fingerprint density at radius 2 is 1.70 bits per heavy atom. The number of Topliss-reactive ketones (excluding diaryl/α,β-unsaturated/α-hetero) is 1. The third kappa shape index (κ3) is 4.68. The van der Waals surface area contributed by atoms with Gasteiger partial charge in [0, 0.05) is 24.7 Å². The van der Waals surface area contributed by atoms with E-state index in [1.165, 1.54) is 36.5 Å². The first-order chi connectivity index (χ1) is 14.2. The van der Waals surface area contributed by atoms with Crippen LogP contribution >= 0.6 is 0 Å². The Kier molecular flexibility index (Phi) is 5.91. The van der Waals surface area contributed by atoms with Gasteiger partial charge in [0.05, 0.1) is 16.8 Å². The molecule has 0 bridgehead atoms. The molecule has 0 aliphatic carbocycles. The van der Waals surface area contributed by atoms with E-state index in [2.05, 4.69) is 9.97 Å². The second-order valence-corrected chi connectivity index (χ2v) is 6.47. The zero-order chi connectivity index (χ0) is 21.9. The largest absolute Gasteiger partial charge is 0.416 e. The second-order valence-electron chi connectivity index (χ2n) is 6.47. The fourth-order valence-corrected chi connectivity index (χ4v) is 2.93. The maximum absolute atomic E-state index is 14.4. The summed E-state index contributed by atoms with van der Waals surface area (Å²) in [6.45, 7) is 0. The van der Waals surface area contributed by atoms with E-state index < -0.39 is 35.2 Å². The molecule has 0 fully saturated rings. The first kappa shape index (κ1) is 21.1. The molecular formula is C21H15F4N3O2. The van der Waals surface area contributed by atoms with Gasteiger partial charge in [-0.05, 0) is 42.0 Å². The molecule has 3 aromatic rings. The molecule has 2 N–H and O–H groups in total. The van der Waals surface area contributed by atoms with Crippen molar-refractivity contribution in [2.24, 2.45) is 5.73 Å². The van der Waals surface area contributed by atoms with Gasteiger partial charge in [0.25, 0.3) is 0 Å². The lowest BCUT2D eigenvalue weighted by atomic mass is 9.88. The van der Waals surface area contributed by atoms with Gasteiger partial charge in [-0.3, -0.25) is 19.6 Å². The molecule has 0 saturated heterocycles. The lowest BCUT2D eigenvalue weighted by molar-refractivity contribution is -0.137. The normalized spacial score (nSPS) is 12.4. The van der Waals surface area contributed by atoms with Gasteiger partial charge in [0.2, 0.25) is 5.91 Å². The zero-order valence-corrected chi connectivity index (χ0v) is 15.4. The number of nitrogens with two attached hydrogens (primary N) is 1. The van der Waals surface area contributed by atoms with Crippen LogP contribution in [0.15, 0.2) is 60.9 Å². The van der Waals surface area contributed by atoms with Crippen LogP contribution in [0.5, 0.6) is 0 Å². The second kappa shape index (κ2) is 8.40. The fraction of sp³-hybridized carbons (Fsp3) is 0.143. The molecule has 1 atom stereocenters. The molecule has 0 saturated carbocycles. The van der Waals surface area contributed by atoms with Crippen molar-refractivity contribution in [1.29, 1.82) is 0 Å². The Hall–Kier alpha value is -3.62. The van der Waals surface area contributed by atoms with Gasteiger partial charge < -0.3 is 5.73 Å². The predicted molar refractivity (Wildman–Crippen MR) is 99.2 cm³/mol. The number of carbonyl (C=O) groups excluding carboxylic acids is 2. The molecule has 1 aromatic carbocycles. The SMILES string of the molecule is NC(=O)c1ccc(C(=O)C[C@@H](c2ccc(C(F)(F)F)cc2)c2ncccc2F)nc1. The van der Waals surface area contributed by atoms with E-state index in [1.807, 2.05) is 0 Å². The summed E-state index contributed by atoms with van der Waals surface area (Å²) < 4.78 is 53.0. The number of alkyl halides is 3. The minimum absolute atomic E-state index is 0.00764. The van der Waals surface area contributed by atoms with Gasteiger partial charge in [-0.1, -0.05) is 12.1 Å². The average molecular weight is 417 g/mol. The van der Waals surface area contributed by atoms with Crippen molar-refractivity contribution < 1.29 is 27.2 Å². The summed E-state index contributed by atoms with van der Waals surface area (Å²) in [7, 11) is 0. The van der Waals surface area contributed by atoms with Gasteiger partial charge in [-0.15, -0.1) is 0 Å². The smallest absolute Gasteiger partial charge is 0.366 e. The van der Waals surface area contributed by atoms with E-state index in [1.54, 1.807) is 0 Å². The van der Waals surface area contributed by atoms with E-state index in [-0.39, 0.29) is 23.4 Å². The molecule has 5 nitrogen and oxygen atoms in total. The summed E-state index contributed by atoms with van der Waals surface area (Å²) in [6, 6.07) is 9.29. The molecule has 154 valence electrons. The summed E-state index contributed by atoms with van der Waals surface area (Å²) >= 11 is 0. The number of aromatic nitrogens is 2. The number of nitrogens with zero attached hydrogens (tertiary/aromatic N) is 2. The molecule has 0 unspecified atom stereocenters. The summed E-state index contributed by atoms with van der Waals surface area (Å²) in [5, 5.41) is 0. The molecule has 1 amide bonds. The Morgan fingerprint density at radius 1 is 1.00 bits per heavy atom. The molecule has 0 aliphatic rings. The van der Waals surface area contributed by atoms with Crippen LogP contribution in [0.3, 0.4) is 0 Å². The van der Waals surface area contributed by atoms with Crippen LogP contribution in [0.25, 0.3) is 0 Å². The van der Waals surface area contributed by atoms with Crippen molar-refractivity contribution >= 4 is 11.7 Å².